The molecule has 0 amide bonds. The molecule has 0 spiro atoms. The molecule has 11 heavy (non-hydrogen) atoms. The van der Waals surface area contributed by atoms with E-state index in [1.54, 1.807) is 0 Å². The number of carboxylic acids is 1. The highest BCUT2D eigenvalue weighted by Crippen LogP contribution is 2.19. The monoisotopic (exact) mass is 157 g/mol. The number of rotatable bonds is 1. The first kappa shape index (κ1) is 7.91. The average Bonchev–Trinajstić information content (AvgIpc) is 1.86. The maximum absolute atomic E-state index is 12.9. The number of nitrogens with zero attached hydrogens (tertiary/aromatic N) is 1. The summed E-state index contributed by atoms with van der Waals surface area (Å²) in [6.07, 6.45) is 2.39. The van der Waals surface area contributed by atoms with Crippen LogP contribution in [0.4, 0.5) is 4.39 Å². The molecule has 1 rings (SSSR count). The van der Waals surface area contributed by atoms with E-state index in [0.29, 0.717) is 0 Å². The Balaban J connectivity index is 2.75. The third-order valence-corrected chi connectivity index (χ3v) is 1.39. The minimum Gasteiger partial charge on any atom is -0.477 e. The van der Waals surface area contributed by atoms with Gasteiger partial charge >= 0.3 is 5.97 Å². The van der Waals surface area contributed by atoms with Crippen LogP contribution in [-0.4, -0.2) is 23.0 Å². The van der Waals surface area contributed by atoms with Gasteiger partial charge in [-0.05, 0) is 13.0 Å². The molecule has 0 aromatic rings. The standard InChI is InChI=1S/C7H8FNO2/c1-7(8)3-2-5(6(10)11)9-4-7/h2,4H,3H2,1H3,(H,10,11). The van der Waals surface area contributed by atoms with Gasteiger partial charge in [0.1, 0.15) is 11.4 Å². The Bertz CT molecular complexity index is 243. The van der Waals surface area contributed by atoms with Gasteiger partial charge in [-0.2, -0.15) is 0 Å². The minimum absolute atomic E-state index is 0.0815. The second-order valence-electron chi connectivity index (χ2n) is 2.63. The number of aliphatic carboxylic acids is 1. The Kier molecular flexibility index (Phi) is 1.76. The van der Waals surface area contributed by atoms with E-state index in [1.807, 2.05) is 0 Å². The first-order chi connectivity index (χ1) is 5.01. The molecule has 1 atom stereocenters. The van der Waals surface area contributed by atoms with Gasteiger partial charge in [-0.25, -0.2) is 9.18 Å². The van der Waals surface area contributed by atoms with Crippen molar-refractivity contribution in [2.45, 2.75) is 19.0 Å². The van der Waals surface area contributed by atoms with Crippen molar-refractivity contribution >= 4 is 12.2 Å². The number of halogens is 1. The van der Waals surface area contributed by atoms with Crippen LogP contribution in [0.1, 0.15) is 13.3 Å². The maximum atomic E-state index is 12.9. The van der Waals surface area contributed by atoms with E-state index in [4.69, 9.17) is 5.11 Å². The summed E-state index contributed by atoms with van der Waals surface area (Å²) in [6.45, 7) is 1.35. The fourth-order valence-corrected chi connectivity index (χ4v) is 0.748. The predicted octanol–water partition coefficient (Wildman–Crippen LogP) is 1.16. The molecule has 0 saturated carbocycles. The molecule has 60 valence electrons. The smallest absolute Gasteiger partial charge is 0.354 e. The molecule has 1 aliphatic heterocycles. The van der Waals surface area contributed by atoms with Gasteiger partial charge in [0.05, 0.1) is 0 Å². The Morgan fingerprint density at radius 3 is 2.91 bits per heavy atom. The molecule has 3 nitrogen and oxygen atoms in total. The third kappa shape index (κ3) is 1.86. The van der Waals surface area contributed by atoms with Crippen molar-refractivity contribution in [3.05, 3.63) is 11.8 Å². The van der Waals surface area contributed by atoms with Crippen molar-refractivity contribution in [1.82, 2.24) is 0 Å². The van der Waals surface area contributed by atoms with Crippen LogP contribution in [0.2, 0.25) is 0 Å². The van der Waals surface area contributed by atoms with E-state index in [1.165, 1.54) is 13.0 Å². The topological polar surface area (TPSA) is 49.7 Å². The van der Waals surface area contributed by atoms with Crippen LogP contribution in [0, 0.1) is 0 Å². The predicted molar refractivity (Wildman–Crippen MR) is 38.3 cm³/mol. The number of aliphatic imine (C=N–C) groups is 1. The van der Waals surface area contributed by atoms with Gasteiger partial charge in [0.25, 0.3) is 0 Å². The molecule has 0 bridgehead atoms. The first-order valence-electron chi connectivity index (χ1n) is 3.19. The van der Waals surface area contributed by atoms with Crippen LogP contribution in [-0.2, 0) is 4.79 Å². The molecular formula is C7H8FNO2. The molecule has 4 heteroatoms. The number of carbonyl (C=O) groups is 1. The number of allylic oxidation sites excluding steroid dienone is 1. The molecule has 0 aliphatic carbocycles. The molecule has 1 unspecified atom stereocenters. The van der Waals surface area contributed by atoms with Crippen molar-refractivity contribution in [2.75, 3.05) is 0 Å². The van der Waals surface area contributed by atoms with E-state index in [2.05, 4.69) is 4.99 Å². The largest absolute Gasteiger partial charge is 0.477 e. The molecule has 0 radical (unpaired) electrons. The first-order valence-corrected chi connectivity index (χ1v) is 3.19. The molecular weight excluding hydrogens is 149 g/mol. The zero-order valence-electron chi connectivity index (χ0n) is 6.04. The van der Waals surface area contributed by atoms with Crippen LogP contribution in [0.3, 0.4) is 0 Å². The number of hydrogen-bond donors (Lipinski definition) is 1. The van der Waals surface area contributed by atoms with Crippen LogP contribution >= 0.6 is 0 Å². The zero-order chi connectivity index (χ0) is 8.48. The highest BCUT2D eigenvalue weighted by atomic mass is 19.1. The van der Waals surface area contributed by atoms with E-state index >= 15 is 0 Å². The van der Waals surface area contributed by atoms with Crippen molar-refractivity contribution in [1.29, 1.82) is 0 Å². The summed E-state index contributed by atoms with van der Waals surface area (Å²) in [7, 11) is 0. The number of carboxylic acid groups (broad SMARTS) is 1. The van der Waals surface area contributed by atoms with E-state index in [9.17, 15) is 9.18 Å². The van der Waals surface area contributed by atoms with Gasteiger partial charge in [-0.1, -0.05) is 0 Å². The van der Waals surface area contributed by atoms with Gasteiger partial charge in [-0.3, -0.25) is 4.99 Å². The van der Waals surface area contributed by atoms with Gasteiger partial charge < -0.3 is 5.11 Å². The van der Waals surface area contributed by atoms with E-state index < -0.39 is 11.6 Å². The summed E-state index contributed by atoms with van der Waals surface area (Å²) in [5.41, 5.74) is -1.57. The lowest BCUT2D eigenvalue weighted by atomic mass is 10.0. The average molecular weight is 157 g/mol. The summed E-state index contributed by atoms with van der Waals surface area (Å²) in [6, 6.07) is 0. The van der Waals surface area contributed by atoms with Crippen molar-refractivity contribution in [2.24, 2.45) is 4.99 Å². The van der Waals surface area contributed by atoms with E-state index in [-0.39, 0.29) is 12.1 Å². The van der Waals surface area contributed by atoms with Crippen LogP contribution in [0.25, 0.3) is 0 Å². The highest BCUT2D eigenvalue weighted by Gasteiger charge is 2.23. The van der Waals surface area contributed by atoms with Crippen molar-refractivity contribution < 1.29 is 14.3 Å². The quantitative estimate of drug-likeness (QED) is 0.620. The Morgan fingerprint density at radius 2 is 2.55 bits per heavy atom. The summed E-state index contributed by atoms with van der Waals surface area (Å²) in [5, 5.41) is 8.40. The fourth-order valence-electron chi connectivity index (χ4n) is 0.748. The lowest BCUT2D eigenvalue weighted by Gasteiger charge is -2.15. The maximum Gasteiger partial charge on any atom is 0.354 e. The summed E-state index contributed by atoms with van der Waals surface area (Å²) < 4.78 is 12.9. The van der Waals surface area contributed by atoms with Crippen LogP contribution < -0.4 is 0 Å². The summed E-state index contributed by atoms with van der Waals surface area (Å²) in [4.78, 5) is 13.7. The number of hydrogen-bond acceptors (Lipinski definition) is 2. The zero-order valence-corrected chi connectivity index (χ0v) is 6.04. The second kappa shape index (κ2) is 2.45. The Labute approximate surface area is 63.3 Å². The van der Waals surface area contributed by atoms with Crippen LogP contribution in [0.5, 0.6) is 0 Å². The molecule has 0 saturated heterocycles. The molecule has 0 fully saturated rings. The SMILES string of the molecule is CC1(F)C=NC(C(=O)O)=CC1. The fraction of sp³-hybridized carbons (Fsp3) is 0.429. The lowest BCUT2D eigenvalue weighted by Crippen LogP contribution is -2.22. The molecule has 0 aromatic heterocycles. The lowest BCUT2D eigenvalue weighted by molar-refractivity contribution is -0.132. The molecule has 1 heterocycles. The molecule has 1 N–H and O–H groups in total. The highest BCUT2D eigenvalue weighted by molar-refractivity contribution is 5.90. The summed E-state index contributed by atoms with van der Waals surface area (Å²) >= 11 is 0. The van der Waals surface area contributed by atoms with E-state index in [0.717, 1.165) is 6.21 Å². The molecule has 1 aliphatic rings. The van der Waals surface area contributed by atoms with Gasteiger partial charge in [-0.15, -0.1) is 0 Å². The third-order valence-electron chi connectivity index (χ3n) is 1.39. The van der Waals surface area contributed by atoms with Gasteiger partial charge in [0.15, 0.2) is 0 Å². The van der Waals surface area contributed by atoms with Gasteiger partial charge in [0, 0.05) is 12.6 Å². The molecule has 0 aromatic carbocycles. The Morgan fingerprint density at radius 1 is 1.91 bits per heavy atom. The second-order valence-corrected chi connectivity index (χ2v) is 2.63. The number of alkyl halides is 1. The van der Waals surface area contributed by atoms with Gasteiger partial charge in [0.2, 0.25) is 0 Å². The summed E-state index contributed by atoms with van der Waals surface area (Å²) in [5.74, 6) is -1.11. The normalized spacial score (nSPS) is 29.8. The van der Waals surface area contributed by atoms with Crippen molar-refractivity contribution in [3.8, 4) is 0 Å². The van der Waals surface area contributed by atoms with Crippen molar-refractivity contribution in [3.63, 3.8) is 0 Å². The minimum atomic E-state index is -1.49. The Hall–Kier alpha value is -1.19. The van der Waals surface area contributed by atoms with Crippen LogP contribution in [0.15, 0.2) is 16.8 Å².